The summed E-state index contributed by atoms with van der Waals surface area (Å²) in [4.78, 5) is 2.24. The molecule has 1 aromatic rings. The summed E-state index contributed by atoms with van der Waals surface area (Å²) in [6, 6.07) is 4.86. The van der Waals surface area contributed by atoms with Gasteiger partial charge < -0.3 is 4.90 Å². The van der Waals surface area contributed by atoms with E-state index in [0.29, 0.717) is 0 Å². The minimum atomic E-state index is -0.375. The lowest BCUT2D eigenvalue weighted by Crippen LogP contribution is -2.23. The van der Waals surface area contributed by atoms with Gasteiger partial charge in [-0.2, -0.15) is 0 Å². The Kier molecular flexibility index (Phi) is 4.87. The molecule has 98 valence electrons. The lowest BCUT2D eigenvalue weighted by Gasteiger charge is -2.21. The molecule has 1 unspecified atom stereocenters. The van der Waals surface area contributed by atoms with Crippen LogP contribution in [0.5, 0.6) is 0 Å². The number of halogens is 2. The van der Waals surface area contributed by atoms with E-state index in [2.05, 4.69) is 11.8 Å². The van der Waals surface area contributed by atoms with Gasteiger partial charge in [-0.3, -0.25) is 0 Å². The second-order valence-corrected chi connectivity index (χ2v) is 6.78. The lowest BCUT2D eigenvalue weighted by molar-refractivity contribution is 0.539. The second kappa shape index (κ2) is 6.22. The Balaban J connectivity index is 2.00. The van der Waals surface area contributed by atoms with Crippen molar-refractivity contribution < 1.29 is 4.39 Å². The molecule has 1 aromatic carbocycles. The fraction of sp³-hybridized carbons (Fsp3) is 0.462. The summed E-state index contributed by atoms with van der Waals surface area (Å²) in [5.74, 6) is -0.375. The Labute approximate surface area is 122 Å². The van der Waals surface area contributed by atoms with E-state index in [9.17, 15) is 4.39 Å². The fourth-order valence-electron chi connectivity index (χ4n) is 1.96. The first-order chi connectivity index (χ1) is 8.58. The average Bonchev–Trinajstić information content (AvgIpc) is 2.86. The molecular formula is C13H15ClFNS2. The molecule has 1 nitrogen and oxygen atoms in total. The molecule has 2 rings (SSSR count). The highest BCUT2D eigenvalue weighted by Gasteiger charge is 2.18. The van der Waals surface area contributed by atoms with Gasteiger partial charge in [0.1, 0.15) is 10.1 Å². The zero-order chi connectivity index (χ0) is 13.1. The fourth-order valence-corrected chi connectivity index (χ4v) is 3.68. The van der Waals surface area contributed by atoms with E-state index in [1.54, 1.807) is 23.9 Å². The summed E-state index contributed by atoms with van der Waals surface area (Å²) < 4.78 is 14.0. The highest BCUT2D eigenvalue weighted by molar-refractivity contribution is 8.23. The van der Waals surface area contributed by atoms with Crippen LogP contribution in [0.25, 0.3) is 0 Å². The van der Waals surface area contributed by atoms with E-state index >= 15 is 0 Å². The quantitative estimate of drug-likeness (QED) is 0.732. The van der Waals surface area contributed by atoms with Crippen LogP contribution in [0.15, 0.2) is 18.2 Å². The molecule has 1 aliphatic heterocycles. The van der Waals surface area contributed by atoms with Gasteiger partial charge in [0, 0.05) is 18.3 Å². The number of nitrogens with zero attached hydrogens (tertiary/aromatic N) is 1. The van der Waals surface area contributed by atoms with Gasteiger partial charge in [0.05, 0.1) is 5.02 Å². The third-order valence-corrected chi connectivity index (χ3v) is 4.98. The predicted molar refractivity (Wildman–Crippen MR) is 80.8 cm³/mol. The molecule has 5 heteroatoms. The zero-order valence-corrected chi connectivity index (χ0v) is 12.5. The number of benzene rings is 1. The molecule has 0 radical (unpaired) electrons. The van der Waals surface area contributed by atoms with E-state index in [1.165, 1.54) is 18.9 Å². The number of thioether (sulfide) groups is 1. The van der Waals surface area contributed by atoms with Gasteiger partial charge in [-0.05, 0) is 37.5 Å². The number of likely N-dealkylation sites (tertiary alicyclic amines) is 1. The maximum atomic E-state index is 13.1. The monoisotopic (exact) mass is 303 g/mol. The Hall–Kier alpha value is -0.320. The molecule has 1 fully saturated rings. The summed E-state index contributed by atoms with van der Waals surface area (Å²) in [5.41, 5.74) is 1.01. The maximum Gasteiger partial charge on any atom is 0.141 e. The molecule has 0 bridgehead atoms. The Morgan fingerprint density at radius 3 is 2.72 bits per heavy atom. The average molecular weight is 304 g/mol. The van der Waals surface area contributed by atoms with Crippen molar-refractivity contribution >= 4 is 39.9 Å². The number of hydrogen-bond donors (Lipinski definition) is 0. The first-order valence-corrected chi connectivity index (χ1v) is 7.65. The number of hydrogen-bond acceptors (Lipinski definition) is 2. The predicted octanol–water partition coefficient (Wildman–Crippen LogP) is 4.65. The highest BCUT2D eigenvalue weighted by atomic mass is 35.5. The Morgan fingerprint density at radius 2 is 2.11 bits per heavy atom. The molecule has 1 aliphatic rings. The van der Waals surface area contributed by atoms with Crippen molar-refractivity contribution in [1.29, 1.82) is 0 Å². The van der Waals surface area contributed by atoms with E-state index in [0.717, 1.165) is 23.0 Å². The largest absolute Gasteiger partial charge is 0.358 e. The van der Waals surface area contributed by atoms with Crippen LogP contribution in [0, 0.1) is 5.82 Å². The van der Waals surface area contributed by atoms with Crippen LogP contribution < -0.4 is 0 Å². The van der Waals surface area contributed by atoms with Gasteiger partial charge in [0.2, 0.25) is 0 Å². The molecule has 1 atom stereocenters. The van der Waals surface area contributed by atoms with Crippen LogP contribution in [-0.4, -0.2) is 22.3 Å². The SMILES string of the molecule is CC(SC(=S)N1CCCC1)c1ccc(F)c(Cl)c1. The van der Waals surface area contributed by atoms with Crippen molar-refractivity contribution in [1.82, 2.24) is 4.90 Å². The van der Waals surface area contributed by atoms with Gasteiger partial charge in [0.25, 0.3) is 0 Å². The van der Waals surface area contributed by atoms with Crippen LogP contribution in [0.1, 0.15) is 30.6 Å². The summed E-state index contributed by atoms with van der Waals surface area (Å²) in [6.07, 6.45) is 2.44. The van der Waals surface area contributed by atoms with Gasteiger partial charge in [-0.15, -0.1) is 0 Å². The summed E-state index contributed by atoms with van der Waals surface area (Å²) in [5, 5.41) is 0.364. The molecule has 0 spiro atoms. The van der Waals surface area contributed by atoms with Gasteiger partial charge in [-0.25, -0.2) is 4.39 Å². The molecule has 0 amide bonds. The van der Waals surface area contributed by atoms with Crippen molar-refractivity contribution in [3.05, 3.63) is 34.6 Å². The smallest absolute Gasteiger partial charge is 0.141 e. The van der Waals surface area contributed by atoms with Crippen molar-refractivity contribution in [2.45, 2.75) is 25.0 Å². The van der Waals surface area contributed by atoms with Crippen molar-refractivity contribution in [2.24, 2.45) is 0 Å². The summed E-state index contributed by atoms with van der Waals surface area (Å²) in [7, 11) is 0. The van der Waals surface area contributed by atoms with Crippen molar-refractivity contribution in [3.63, 3.8) is 0 Å². The second-order valence-electron chi connectivity index (χ2n) is 4.39. The van der Waals surface area contributed by atoms with Crippen molar-refractivity contribution in [3.8, 4) is 0 Å². The topological polar surface area (TPSA) is 3.24 Å². The third kappa shape index (κ3) is 3.37. The summed E-state index contributed by atoms with van der Waals surface area (Å²) >= 11 is 12.9. The molecule has 18 heavy (non-hydrogen) atoms. The van der Waals surface area contributed by atoms with Gasteiger partial charge in [-0.1, -0.05) is 41.6 Å². The van der Waals surface area contributed by atoms with Crippen LogP contribution in [0.4, 0.5) is 4.39 Å². The lowest BCUT2D eigenvalue weighted by atomic mass is 10.2. The Bertz CT molecular complexity index is 447. The van der Waals surface area contributed by atoms with Crippen molar-refractivity contribution in [2.75, 3.05) is 13.1 Å². The molecular weight excluding hydrogens is 289 g/mol. The van der Waals surface area contributed by atoms with Crippen LogP contribution in [0.3, 0.4) is 0 Å². The minimum Gasteiger partial charge on any atom is -0.358 e. The van der Waals surface area contributed by atoms with Crippen LogP contribution >= 0.6 is 35.6 Å². The molecule has 0 aliphatic carbocycles. The van der Waals surface area contributed by atoms with Crippen LogP contribution in [-0.2, 0) is 0 Å². The first-order valence-electron chi connectivity index (χ1n) is 5.98. The maximum absolute atomic E-state index is 13.1. The van der Waals surface area contributed by atoms with E-state index in [1.807, 2.05) is 0 Å². The Morgan fingerprint density at radius 1 is 1.44 bits per heavy atom. The first kappa shape index (κ1) is 14.1. The normalized spacial score (nSPS) is 16.9. The third-order valence-electron chi connectivity index (χ3n) is 3.05. The summed E-state index contributed by atoms with van der Waals surface area (Å²) in [6.45, 7) is 4.18. The number of thiocarbonyl (C=S) groups is 1. The zero-order valence-electron chi connectivity index (χ0n) is 10.2. The number of rotatable bonds is 2. The van der Waals surface area contributed by atoms with E-state index < -0.39 is 0 Å². The molecule has 1 saturated heterocycles. The van der Waals surface area contributed by atoms with Crippen LogP contribution in [0.2, 0.25) is 5.02 Å². The standard InChI is InChI=1S/C13H15ClFNS2/c1-9(10-4-5-12(15)11(14)8-10)18-13(17)16-6-2-3-7-16/h4-5,8-9H,2-3,6-7H2,1H3. The molecule has 0 N–H and O–H groups in total. The minimum absolute atomic E-state index is 0.173. The van der Waals surface area contributed by atoms with Gasteiger partial charge in [0.15, 0.2) is 0 Å². The van der Waals surface area contributed by atoms with Gasteiger partial charge >= 0.3 is 0 Å². The molecule has 1 heterocycles. The molecule has 0 aromatic heterocycles. The highest BCUT2D eigenvalue weighted by Crippen LogP contribution is 2.33. The van der Waals surface area contributed by atoms with E-state index in [4.69, 9.17) is 23.8 Å². The molecule has 0 saturated carbocycles. The van der Waals surface area contributed by atoms with E-state index in [-0.39, 0.29) is 16.1 Å².